The van der Waals surface area contributed by atoms with Crippen molar-refractivity contribution in [1.29, 1.82) is 0 Å². The normalized spacial score (nSPS) is 23.7. The van der Waals surface area contributed by atoms with E-state index in [4.69, 9.17) is 16.7 Å². The number of hydrogen-bond acceptors (Lipinski definition) is 3. The van der Waals surface area contributed by atoms with Gasteiger partial charge in [0.1, 0.15) is 0 Å². The van der Waals surface area contributed by atoms with E-state index in [-0.39, 0.29) is 18.4 Å². The zero-order valence-corrected chi connectivity index (χ0v) is 16.5. The molecule has 1 saturated carbocycles. The number of aliphatic carboxylic acids is 1. The quantitative estimate of drug-likeness (QED) is 0.378. The van der Waals surface area contributed by atoms with Gasteiger partial charge in [-0.1, -0.05) is 55.1 Å². The maximum absolute atomic E-state index is 10.5. The average Bonchev–Trinajstić information content (AvgIpc) is 2.98. The highest BCUT2D eigenvalue weighted by Gasteiger charge is 2.32. The van der Waals surface area contributed by atoms with Gasteiger partial charge in [0.2, 0.25) is 0 Å². The highest BCUT2D eigenvalue weighted by atomic mass is 35.5. The highest BCUT2D eigenvalue weighted by Crippen LogP contribution is 2.36. The van der Waals surface area contributed by atoms with Gasteiger partial charge in [-0.15, -0.1) is 0 Å². The van der Waals surface area contributed by atoms with Gasteiger partial charge in [0.25, 0.3) is 0 Å². The largest absolute Gasteiger partial charge is 0.481 e. The number of aliphatic hydroxyl groups excluding tert-OH is 2. The Hall–Kier alpha value is -1.36. The lowest BCUT2D eigenvalue weighted by atomic mass is 9.88. The van der Waals surface area contributed by atoms with Crippen molar-refractivity contribution in [2.45, 2.75) is 70.0 Å². The lowest BCUT2D eigenvalue weighted by molar-refractivity contribution is -0.137. The van der Waals surface area contributed by atoms with Crippen LogP contribution in [-0.2, 0) is 11.2 Å². The molecule has 0 radical (unpaired) electrons. The summed E-state index contributed by atoms with van der Waals surface area (Å²) in [6, 6.07) is 7.50. The van der Waals surface area contributed by atoms with Crippen molar-refractivity contribution in [3.05, 3.63) is 47.0 Å². The molecule has 1 aliphatic rings. The molecule has 1 aliphatic carbocycles. The second-order valence-corrected chi connectivity index (χ2v) is 8.04. The van der Waals surface area contributed by atoms with E-state index >= 15 is 0 Å². The molecule has 150 valence electrons. The molecular formula is C22H31ClO4. The standard InChI is InChI=1S/C22H31ClO4/c23-18-11-7-16(8-12-18)15-19(24)13-9-17-10-14-21(25)20(17)5-3-1-2-4-6-22(26)27/h7-9,11-13,17,19-21,24-25H,1-6,10,14-15H2,(H,26,27)/b13-9+/t17-,19+,20+,21-/m0/s1. The Morgan fingerprint density at radius 3 is 2.56 bits per heavy atom. The molecule has 4 atom stereocenters. The molecule has 0 aromatic heterocycles. The SMILES string of the molecule is O=C(O)CCCCCC[C@H]1[C@@H](O)CC[C@@H]1/C=C/[C@@H](O)Cc1ccc(Cl)cc1. The first-order chi connectivity index (χ1) is 13.0. The van der Waals surface area contributed by atoms with Crippen molar-refractivity contribution in [2.24, 2.45) is 11.8 Å². The lowest BCUT2D eigenvalue weighted by Crippen LogP contribution is -2.18. The van der Waals surface area contributed by atoms with Crippen LogP contribution in [0.15, 0.2) is 36.4 Å². The molecule has 1 aromatic carbocycles. The van der Waals surface area contributed by atoms with Crippen molar-refractivity contribution in [1.82, 2.24) is 0 Å². The smallest absolute Gasteiger partial charge is 0.303 e. The summed E-state index contributed by atoms with van der Waals surface area (Å²) >= 11 is 5.88. The van der Waals surface area contributed by atoms with Gasteiger partial charge in [0, 0.05) is 17.9 Å². The zero-order chi connectivity index (χ0) is 19.6. The summed E-state index contributed by atoms with van der Waals surface area (Å²) in [5, 5.41) is 29.9. The first-order valence-electron chi connectivity index (χ1n) is 9.96. The molecule has 0 saturated heterocycles. The highest BCUT2D eigenvalue weighted by molar-refractivity contribution is 6.30. The maximum Gasteiger partial charge on any atom is 0.303 e. The first-order valence-corrected chi connectivity index (χ1v) is 10.3. The summed E-state index contributed by atoms with van der Waals surface area (Å²) in [7, 11) is 0. The third-order valence-electron chi connectivity index (χ3n) is 5.46. The molecule has 3 N–H and O–H groups in total. The molecule has 0 unspecified atom stereocenters. The van der Waals surface area contributed by atoms with E-state index in [0.717, 1.165) is 50.5 Å². The Labute approximate surface area is 166 Å². The van der Waals surface area contributed by atoms with Gasteiger partial charge in [-0.25, -0.2) is 0 Å². The van der Waals surface area contributed by atoms with Crippen LogP contribution in [-0.4, -0.2) is 33.5 Å². The minimum atomic E-state index is -0.733. The second kappa shape index (κ2) is 11.5. The van der Waals surface area contributed by atoms with Crippen molar-refractivity contribution in [3.8, 4) is 0 Å². The van der Waals surface area contributed by atoms with E-state index in [1.165, 1.54) is 0 Å². The predicted octanol–water partition coefficient (Wildman–Crippen LogP) is 4.61. The summed E-state index contributed by atoms with van der Waals surface area (Å²) in [6.45, 7) is 0. The van der Waals surface area contributed by atoms with Gasteiger partial charge in [0.15, 0.2) is 0 Å². The second-order valence-electron chi connectivity index (χ2n) is 7.60. The number of rotatable bonds is 11. The number of carbonyl (C=O) groups is 1. The van der Waals surface area contributed by atoms with Crippen LogP contribution in [0.5, 0.6) is 0 Å². The third kappa shape index (κ3) is 8.04. The molecule has 0 spiro atoms. The Kier molecular flexibility index (Phi) is 9.32. The van der Waals surface area contributed by atoms with E-state index in [9.17, 15) is 15.0 Å². The van der Waals surface area contributed by atoms with Crippen LogP contribution in [0.3, 0.4) is 0 Å². The molecule has 1 aromatic rings. The van der Waals surface area contributed by atoms with Crippen molar-refractivity contribution in [2.75, 3.05) is 0 Å². The molecule has 1 fully saturated rings. The van der Waals surface area contributed by atoms with Crippen molar-refractivity contribution in [3.63, 3.8) is 0 Å². The van der Waals surface area contributed by atoms with Crippen LogP contribution in [0.1, 0.15) is 56.9 Å². The van der Waals surface area contributed by atoms with Gasteiger partial charge in [0.05, 0.1) is 12.2 Å². The zero-order valence-electron chi connectivity index (χ0n) is 15.8. The maximum atomic E-state index is 10.5. The van der Waals surface area contributed by atoms with Crippen LogP contribution in [0.4, 0.5) is 0 Å². The summed E-state index contributed by atoms with van der Waals surface area (Å²) < 4.78 is 0. The molecule has 5 heteroatoms. The number of halogens is 1. The number of aliphatic hydroxyl groups is 2. The Morgan fingerprint density at radius 2 is 1.85 bits per heavy atom. The number of carboxylic acids is 1. The number of unbranched alkanes of at least 4 members (excludes halogenated alkanes) is 3. The fraction of sp³-hybridized carbons (Fsp3) is 0.591. The molecular weight excluding hydrogens is 364 g/mol. The number of allylic oxidation sites excluding steroid dienone is 1. The number of benzene rings is 1. The van der Waals surface area contributed by atoms with Gasteiger partial charge < -0.3 is 15.3 Å². The van der Waals surface area contributed by atoms with Crippen LogP contribution in [0, 0.1) is 11.8 Å². The van der Waals surface area contributed by atoms with E-state index in [1.54, 1.807) is 0 Å². The fourth-order valence-corrected chi connectivity index (χ4v) is 4.06. The molecule has 0 aliphatic heterocycles. The summed E-state index contributed by atoms with van der Waals surface area (Å²) in [6.07, 6.45) is 10.3. The average molecular weight is 395 g/mol. The predicted molar refractivity (Wildman–Crippen MR) is 108 cm³/mol. The summed E-state index contributed by atoms with van der Waals surface area (Å²) in [5.74, 6) is -0.189. The van der Waals surface area contributed by atoms with Gasteiger partial charge in [-0.2, -0.15) is 0 Å². The minimum Gasteiger partial charge on any atom is -0.481 e. The van der Waals surface area contributed by atoms with Gasteiger partial charge in [-0.3, -0.25) is 4.79 Å². The van der Waals surface area contributed by atoms with Crippen molar-refractivity contribution >= 4 is 17.6 Å². The minimum absolute atomic E-state index is 0.239. The molecule has 0 amide bonds. The molecule has 2 rings (SSSR count). The Bertz CT molecular complexity index is 599. The molecule has 0 bridgehead atoms. The van der Waals surface area contributed by atoms with E-state index in [2.05, 4.69) is 6.08 Å². The topological polar surface area (TPSA) is 77.8 Å². The molecule has 0 heterocycles. The fourth-order valence-electron chi connectivity index (χ4n) is 3.93. The van der Waals surface area contributed by atoms with E-state index in [0.29, 0.717) is 17.4 Å². The molecule has 4 nitrogen and oxygen atoms in total. The van der Waals surface area contributed by atoms with Gasteiger partial charge in [-0.05, 0) is 55.2 Å². The van der Waals surface area contributed by atoms with Crippen LogP contribution < -0.4 is 0 Å². The van der Waals surface area contributed by atoms with Crippen molar-refractivity contribution < 1.29 is 20.1 Å². The lowest BCUT2D eigenvalue weighted by Gasteiger charge is -2.20. The molecule has 27 heavy (non-hydrogen) atoms. The summed E-state index contributed by atoms with van der Waals surface area (Å²) in [5.41, 5.74) is 1.04. The Morgan fingerprint density at radius 1 is 1.15 bits per heavy atom. The van der Waals surface area contributed by atoms with Crippen LogP contribution in [0.25, 0.3) is 0 Å². The number of carboxylic acid groups (broad SMARTS) is 1. The number of hydrogen-bond donors (Lipinski definition) is 3. The van der Waals surface area contributed by atoms with E-state index in [1.807, 2.05) is 30.3 Å². The summed E-state index contributed by atoms with van der Waals surface area (Å²) in [4.78, 5) is 10.5. The van der Waals surface area contributed by atoms with E-state index < -0.39 is 12.1 Å². The monoisotopic (exact) mass is 394 g/mol. The van der Waals surface area contributed by atoms with Crippen LogP contribution in [0.2, 0.25) is 5.02 Å². The van der Waals surface area contributed by atoms with Crippen LogP contribution >= 0.6 is 11.6 Å². The third-order valence-corrected chi connectivity index (χ3v) is 5.71. The first kappa shape index (κ1) is 21.9. The van der Waals surface area contributed by atoms with Gasteiger partial charge >= 0.3 is 5.97 Å². The Balaban J connectivity index is 1.75.